The maximum atomic E-state index is 12.5. The number of nitrogens with zero attached hydrogens (tertiary/aromatic N) is 1. The van der Waals surface area contributed by atoms with Gasteiger partial charge in [0.25, 0.3) is 0 Å². The van der Waals surface area contributed by atoms with Gasteiger partial charge in [0, 0.05) is 19.6 Å². The number of amides is 1. The van der Waals surface area contributed by atoms with Crippen molar-refractivity contribution >= 4 is 28.3 Å². The third kappa shape index (κ3) is 5.73. The van der Waals surface area contributed by atoms with Gasteiger partial charge in [-0.25, -0.2) is 8.42 Å². The van der Waals surface area contributed by atoms with Crippen molar-refractivity contribution in [3.63, 3.8) is 0 Å². The van der Waals surface area contributed by atoms with E-state index in [-0.39, 0.29) is 24.7 Å². The number of rotatable bonds is 7. The van der Waals surface area contributed by atoms with Crippen molar-refractivity contribution in [1.82, 2.24) is 9.62 Å². The number of sulfonamides is 1. The van der Waals surface area contributed by atoms with E-state index in [4.69, 9.17) is 5.73 Å². The van der Waals surface area contributed by atoms with Gasteiger partial charge in [-0.2, -0.15) is 4.31 Å². The van der Waals surface area contributed by atoms with Gasteiger partial charge in [0.05, 0.1) is 11.3 Å². The number of nitrogens with two attached hydrogens (primary N) is 1. The molecule has 1 amide bonds. The van der Waals surface area contributed by atoms with Crippen LogP contribution in [0, 0.1) is 0 Å². The number of hydrogen-bond donors (Lipinski definition) is 2. The molecule has 3 N–H and O–H groups in total. The van der Waals surface area contributed by atoms with E-state index in [1.165, 1.54) is 0 Å². The van der Waals surface area contributed by atoms with E-state index in [2.05, 4.69) is 5.32 Å². The molecule has 0 spiro atoms. The Balaban J connectivity index is 0.00000288. The number of nitrogens with one attached hydrogen (secondary N) is 1. The molecule has 0 radical (unpaired) electrons. The fraction of sp³-hybridized carbons (Fsp3) is 0.562. The Hall–Kier alpha value is -1.15. The molecule has 0 bridgehead atoms. The number of piperidine rings is 1. The summed E-state index contributed by atoms with van der Waals surface area (Å²) in [7, 11) is -3.41. The van der Waals surface area contributed by atoms with E-state index < -0.39 is 10.0 Å². The normalized spacial score (nSPS) is 15.5. The molecule has 6 nitrogen and oxygen atoms in total. The van der Waals surface area contributed by atoms with Crippen LogP contribution in [-0.4, -0.2) is 44.8 Å². The molecule has 1 heterocycles. The maximum Gasteiger partial charge on any atom is 0.243 e. The molecule has 0 unspecified atom stereocenters. The summed E-state index contributed by atoms with van der Waals surface area (Å²) in [6.07, 6.45) is 3.91. The van der Waals surface area contributed by atoms with Crippen LogP contribution in [0.15, 0.2) is 29.2 Å². The molecule has 0 saturated carbocycles. The summed E-state index contributed by atoms with van der Waals surface area (Å²) in [6.45, 7) is 2.29. The van der Waals surface area contributed by atoms with Crippen molar-refractivity contribution < 1.29 is 13.2 Å². The lowest BCUT2D eigenvalue weighted by molar-refractivity contribution is -0.120. The highest BCUT2D eigenvalue weighted by Gasteiger charge is 2.25. The highest BCUT2D eigenvalue weighted by Crippen LogP contribution is 2.20. The summed E-state index contributed by atoms with van der Waals surface area (Å²) >= 11 is 0. The van der Waals surface area contributed by atoms with Crippen LogP contribution in [0.4, 0.5) is 0 Å². The minimum atomic E-state index is -3.41. The molecule has 1 aromatic rings. The predicted molar refractivity (Wildman–Crippen MR) is 96.7 cm³/mol. The van der Waals surface area contributed by atoms with E-state index in [0.29, 0.717) is 31.1 Å². The first kappa shape index (κ1) is 20.9. The summed E-state index contributed by atoms with van der Waals surface area (Å²) in [5, 5.41) is 2.78. The average molecular weight is 376 g/mol. The minimum Gasteiger partial charge on any atom is -0.356 e. The molecule has 1 aliphatic rings. The lowest BCUT2D eigenvalue weighted by atomic mass is 10.1. The zero-order valence-electron chi connectivity index (χ0n) is 13.7. The zero-order chi connectivity index (χ0) is 16.7. The molecule has 1 aromatic carbocycles. The first-order valence-electron chi connectivity index (χ1n) is 8.10. The second-order valence-corrected chi connectivity index (χ2v) is 7.72. The third-order valence-corrected chi connectivity index (χ3v) is 5.86. The molecule has 136 valence electrons. The fourth-order valence-electron chi connectivity index (χ4n) is 2.61. The Morgan fingerprint density at radius 1 is 1.12 bits per heavy atom. The smallest absolute Gasteiger partial charge is 0.243 e. The van der Waals surface area contributed by atoms with Crippen LogP contribution in [0.1, 0.15) is 31.2 Å². The Bertz CT molecular complexity index is 614. The molecular weight excluding hydrogens is 350 g/mol. The number of carbonyl (C=O) groups is 1. The second kappa shape index (κ2) is 9.98. The molecule has 1 fully saturated rings. The SMILES string of the molecule is Cl.NCCCNC(=O)Cc1ccc(S(=O)(=O)N2CCCCC2)cc1. The van der Waals surface area contributed by atoms with Gasteiger partial charge in [0.2, 0.25) is 15.9 Å². The van der Waals surface area contributed by atoms with Gasteiger partial charge in [-0.05, 0) is 43.5 Å². The van der Waals surface area contributed by atoms with Crippen molar-refractivity contribution in [2.45, 2.75) is 37.0 Å². The van der Waals surface area contributed by atoms with Crippen LogP contribution in [-0.2, 0) is 21.2 Å². The lowest BCUT2D eigenvalue weighted by Crippen LogP contribution is -2.35. The molecule has 0 atom stereocenters. The van der Waals surface area contributed by atoms with Crippen LogP contribution in [0.25, 0.3) is 0 Å². The van der Waals surface area contributed by atoms with E-state index >= 15 is 0 Å². The molecule has 8 heteroatoms. The van der Waals surface area contributed by atoms with Gasteiger partial charge in [0.15, 0.2) is 0 Å². The van der Waals surface area contributed by atoms with Gasteiger partial charge >= 0.3 is 0 Å². The number of hydrogen-bond acceptors (Lipinski definition) is 4. The van der Waals surface area contributed by atoms with Crippen molar-refractivity contribution in [1.29, 1.82) is 0 Å². The molecule has 1 saturated heterocycles. The van der Waals surface area contributed by atoms with Crippen LogP contribution in [0.2, 0.25) is 0 Å². The van der Waals surface area contributed by atoms with Crippen LogP contribution in [0.3, 0.4) is 0 Å². The molecular formula is C16H26ClN3O3S. The Labute approximate surface area is 150 Å². The topological polar surface area (TPSA) is 92.5 Å². The lowest BCUT2D eigenvalue weighted by Gasteiger charge is -2.25. The highest BCUT2D eigenvalue weighted by molar-refractivity contribution is 7.89. The van der Waals surface area contributed by atoms with Crippen molar-refractivity contribution in [2.75, 3.05) is 26.2 Å². The van der Waals surface area contributed by atoms with E-state index in [1.807, 2.05) is 0 Å². The first-order chi connectivity index (χ1) is 11.0. The van der Waals surface area contributed by atoms with Gasteiger partial charge < -0.3 is 11.1 Å². The van der Waals surface area contributed by atoms with Crippen molar-refractivity contribution in [3.05, 3.63) is 29.8 Å². The molecule has 0 aliphatic carbocycles. The maximum absolute atomic E-state index is 12.5. The fourth-order valence-corrected chi connectivity index (χ4v) is 4.13. The van der Waals surface area contributed by atoms with E-state index in [0.717, 1.165) is 31.2 Å². The van der Waals surface area contributed by atoms with Gasteiger partial charge in [-0.15, -0.1) is 12.4 Å². The number of carbonyl (C=O) groups excluding carboxylic acids is 1. The van der Waals surface area contributed by atoms with Gasteiger partial charge in [-0.3, -0.25) is 4.79 Å². The zero-order valence-corrected chi connectivity index (χ0v) is 15.4. The minimum absolute atomic E-state index is 0. The van der Waals surface area contributed by atoms with Crippen LogP contribution >= 0.6 is 12.4 Å². The Morgan fingerprint density at radius 2 is 1.75 bits per heavy atom. The molecule has 0 aromatic heterocycles. The van der Waals surface area contributed by atoms with E-state index in [9.17, 15) is 13.2 Å². The third-order valence-electron chi connectivity index (χ3n) is 3.94. The number of halogens is 1. The summed E-state index contributed by atoms with van der Waals surface area (Å²) in [5.41, 5.74) is 6.17. The molecule has 1 aliphatic heterocycles. The van der Waals surface area contributed by atoms with Crippen molar-refractivity contribution in [2.24, 2.45) is 5.73 Å². The average Bonchev–Trinajstić information content (AvgIpc) is 2.56. The molecule has 2 rings (SSSR count). The van der Waals surface area contributed by atoms with Gasteiger partial charge in [0.1, 0.15) is 0 Å². The Morgan fingerprint density at radius 3 is 2.33 bits per heavy atom. The largest absolute Gasteiger partial charge is 0.356 e. The summed E-state index contributed by atoms with van der Waals surface area (Å²) < 4.78 is 26.6. The summed E-state index contributed by atoms with van der Waals surface area (Å²) in [4.78, 5) is 12.0. The standard InChI is InChI=1S/C16H25N3O3S.ClH/c17-9-4-10-18-16(20)13-14-5-7-15(8-6-14)23(21,22)19-11-2-1-3-12-19;/h5-8H,1-4,9-13,17H2,(H,18,20);1H. The van der Waals surface area contributed by atoms with Crippen molar-refractivity contribution in [3.8, 4) is 0 Å². The van der Waals surface area contributed by atoms with Crippen LogP contribution < -0.4 is 11.1 Å². The predicted octanol–water partition coefficient (Wildman–Crippen LogP) is 1.29. The summed E-state index contributed by atoms with van der Waals surface area (Å²) in [5.74, 6) is -0.0786. The second-order valence-electron chi connectivity index (χ2n) is 5.78. The quantitative estimate of drug-likeness (QED) is 0.702. The monoisotopic (exact) mass is 375 g/mol. The van der Waals surface area contributed by atoms with Crippen LogP contribution in [0.5, 0.6) is 0 Å². The Kier molecular flexibility index (Phi) is 8.69. The first-order valence-corrected chi connectivity index (χ1v) is 9.54. The summed E-state index contributed by atoms with van der Waals surface area (Å²) in [6, 6.07) is 6.59. The van der Waals surface area contributed by atoms with E-state index in [1.54, 1.807) is 28.6 Å². The molecule has 24 heavy (non-hydrogen) atoms. The van der Waals surface area contributed by atoms with Gasteiger partial charge in [-0.1, -0.05) is 18.6 Å². The highest BCUT2D eigenvalue weighted by atomic mass is 35.5. The number of benzene rings is 1.